The van der Waals surface area contributed by atoms with E-state index in [9.17, 15) is 0 Å². The van der Waals surface area contributed by atoms with E-state index in [1.807, 2.05) is 0 Å². The molecule has 1 aliphatic rings. The van der Waals surface area contributed by atoms with Crippen LogP contribution in [0.5, 0.6) is 0 Å². The summed E-state index contributed by atoms with van der Waals surface area (Å²) < 4.78 is 0. The molecule has 0 saturated heterocycles. The van der Waals surface area contributed by atoms with E-state index in [0.29, 0.717) is 0 Å². The molecule has 1 rings (SSSR count). The van der Waals surface area contributed by atoms with Gasteiger partial charge in [0.1, 0.15) is 0 Å². The number of rotatable bonds is 2. The Kier molecular flexibility index (Phi) is 5.60. The smallest absolute Gasteiger partial charge is 0.0226 e. The SMILES string of the molecule is ClCCC1CCCC1.[SiH4]. The van der Waals surface area contributed by atoms with Crippen LogP contribution in [0.25, 0.3) is 0 Å². The minimum absolute atomic E-state index is 0. The second-order valence-corrected chi connectivity index (χ2v) is 3.01. The lowest BCUT2D eigenvalue weighted by molar-refractivity contribution is 0.533. The zero-order valence-electron chi connectivity index (χ0n) is 5.20. The lowest BCUT2D eigenvalue weighted by Crippen LogP contribution is -1.92. The fraction of sp³-hybridized carbons (Fsp3) is 1.00. The summed E-state index contributed by atoms with van der Waals surface area (Å²) in [7, 11) is 0. The third-order valence-corrected chi connectivity index (χ3v) is 2.21. The zero-order chi connectivity index (χ0) is 5.82. The van der Waals surface area contributed by atoms with Crippen molar-refractivity contribution in [2.24, 2.45) is 5.92 Å². The Morgan fingerprint density at radius 1 is 1.22 bits per heavy atom. The first-order chi connectivity index (χ1) is 3.93. The van der Waals surface area contributed by atoms with Crippen molar-refractivity contribution in [1.29, 1.82) is 0 Å². The average Bonchev–Trinajstić information content (AvgIpc) is 2.19. The molecule has 1 fully saturated rings. The summed E-state index contributed by atoms with van der Waals surface area (Å²) in [6.07, 6.45) is 7.02. The van der Waals surface area contributed by atoms with Gasteiger partial charge in [-0.25, -0.2) is 0 Å². The van der Waals surface area contributed by atoms with Crippen molar-refractivity contribution >= 4 is 22.6 Å². The van der Waals surface area contributed by atoms with Crippen molar-refractivity contribution in [3.63, 3.8) is 0 Å². The minimum atomic E-state index is 0. The lowest BCUT2D eigenvalue weighted by Gasteiger charge is -2.02. The molecule has 0 spiro atoms. The molecule has 56 valence electrons. The van der Waals surface area contributed by atoms with Crippen LogP contribution >= 0.6 is 11.6 Å². The van der Waals surface area contributed by atoms with Gasteiger partial charge in [0.25, 0.3) is 0 Å². The second kappa shape index (κ2) is 5.30. The van der Waals surface area contributed by atoms with Gasteiger partial charge in [0.05, 0.1) is 0 Å². The van der Waals surface area contributed by atoms with Crippen LogP contribution in [0.15, 0.2) is 0 Å². The number of halogens is 1. The Morgan fingerprint density at radius 3 is 2.22 bits per heavy atom. The van der Waals surface area contributed by atoms with Crippen LogP contribution in [0.1, 0.15) is 32.1 Å². The van der Waals surface area contributed by atoms with Crippen molar-refractivity contribution in [2.75, 3.05) is 5.88 Å². The van der Waals surface area contributed by atoms with Crippen molar-refractivity contribution in [3.8, 4) is 0 Å². The average molecular weight is 165 g/mol. The molecule has 0 radical (unpaired) electrons. The first kappa shape index (κ1) is 9.51. The van der Waals surface area contributed by atoms with E-state index in [1.54, 1.807) is 0 Å². The van der Waals surface area contributed by atoms with Crippen LogP contribution in [0.3, 0.4) is 0 Å². The normalized spacial score (nSPS) is 19.7. The molecular weight excluding hydrogens is 148 g/mol. The molecule has 1 saturated carbocycles. The standard InChI is InChI=1S/C7H13Cl.H4Si/c8-6-5-7-3-1-2-4-7;/h7H,1-6H2;1H4. The van der Waals surface area contributed by atoms with Gasteiger partial charge in [-0.1, -0.05) is 25.7 Å². The van der Waals surface area contributed by atoms with Crippen LogP contribution in [-0.2, 0) is 0 Å². The van der Waals surface area contributed by atoms with Gasteiger partial charge >= 0.3 is 0 Å². The summed E-state index contributed by atoms with van der Waals surface area (Å²) in [4.78, 5) is 0. The van der Waals surface area contributed by atoms with Gasteiger partial charge in [-0.05, 0) is 23.3 Å². The van der Waals surface area contributed by atoms with E-state index in [-0.39, 0.29) is 11.0 Å². The van der Waals surface area contributed by atoms with Crippen molar-refractivity contribution in [2.45, 2.75) is 32.1 Å². The molecule has 2 heteroatoms. The van der Waals surface area contributed by atoms with E-state index < -0.39 is 0 Å². The van der Waals surface area contributed by atoms with E-state index in [0.717, 1.165) is 11.8 Å². The van der Waals surface area contributed by atoms with Crippen LogP contribution in [0.4, 0.5) is 0 Å². The van der Waals surface area contributed by atoms with Gasteiger partial charge in [-0.15, -0.1) is 11.6 Å². The Hall–Kier alpha value is 0.507. The van der Waals surface area contributed by atoms with Gasteiger partial charge in [0, 0.05) is 5.88 Å². The molecule has 0 aromatic rings. The molecule has 0 heterocycles. The molecule has 0 amide bonds. The molecule has 0 nitrogen and oxygen atoms in total. The van der Waals surface area contributed by atoms with E-state index in [1.165, 1.54) is 32.1 Å². The van der Waals surface area contributed by atoms with E-state index in [4.69, 9.17) is 11.6 Å². The highest BCUT2D eigenvalue weighted by molar-refractivity contribution is 6.17. The fourth-order valence-corrected chi connectivity index (χ4v) is 1.76. The van der Waals surface area contributed by atoms with Gasteiger partial charge in [0.15, 0.2) is 0 Å². The molecule has 0 aliphatic heterocycles. The maximum atomic E-state index is 5.58. The molecule has 0 N–H and O–H groups in total. The van der Waals surface area contributed by atoms with Crippen molar-refractivity contribution < 1.29 is 0 Å². The monoisotopic (exact) mass is 164 g/mol. The first-order valence-electron chi connectivity index (χ1n) is 3.49. The molecule has 0 bridgehead atoms. The van der Waals surface area contributed by atoms with Crippen LogP contribution in [0, 0.1) is 5.92 Å². The summed E-state index contributed by atoms with van der Waals surface area (Å²) in [5.74, 6) is 1.84. The van der Waals surface area contributed by atoms with Gasteiger partial charge in [-0.3, -0.25) is 0 Å². The molecule has 0 aromatic heterocycles. The summed E-state index contributed by atoms with van der Waals surface area (Å²) in [5, 5.41) is 0. The highest BCUT2D eigenvalue weighted by Crippen LogP contribution is 2.27. The van der Waals surface area contributed by atoms with Crippen molar-refractivity contribution in [1.82, 2.24) is 0 Å². The van der Waals surface area contributed by atoms with Crippen molar-refractivity contribution in [3.05, 3.63) is 0 Å². The summed E-state index contributed by atoms with van der Waals surface area (Å²) in [6.45, 7) is 0. The Morgan fingerprint density at radius 2 is 1.78 bits per heavy atom. The quantitative estimate of drug-likeness (QED) is 0.427. The maximum absolute atomic E-state index is 5.58. The van der Waals surface area contributed by atoms with E-state index >= 15 is 0 Å². The molecule has 9 heavy (non-hydrogen) atoms. The third kappa shape index (κ3) is 3.26. The molecule has 0 aromatic carbocycles. The predicted molar refractivity (Wildman–Crippen MR) is 48.6 cm³/mol. The fourth-order valence-electron chi connectivity index (χ4n) is 1.45. The minimum Gasteiger partial charge on any atom is -0.127 e. The second-order valence-electron chi connectivity index (χ2n) is 2.63. The molecule has 0 atom stereocenters. The Balaban J connectivity index is 0.000000640. The van der Waals surface area contributed by atoms with Gasteiger partial charge < -0.3 is 0 Å². The summed E-state index contributed by atoms with van der Waals surface area (Å²) in [6, 6.07) is 0. The third-order valence-electron chi connectivity index (χ3n) is 1.99. The largest absolute Gasteiger partial charge is 0.127 e. The molecule has 1 aliphatic carbocycles. The van der Waals surface area contributed by atoms with E-state index in [2.05, 4.69) is 0 Å². The van der Waals surface area contributed by atoms with Gasteiger partial charge in [-0.2, -0.15) is 0 Å². The highest BCUT2D eigenvalue weighted by atomic mass is 35.5. The van der Waals surface area contributed by atoms with Gasteiger partial charge in [0.2, 0.25) is 0 Å². The zero-order valence-corrected chi connectivity index (χ0v) is 5.95. The van der Waals surface area contributed by atoms with Crippen LogP contribution in [-0.4, -0.2) is 16.8 Å². The maximum Gasteiger partial charge on any atom is 0.0226 e. The summed E-state index contributed by atoms with van der Waals surface area (Å²) >= 11 is 5.58. The molecular formula is C7H17ClSi. The summed E-state index contributed by atoms with van der Waals surface area (Å²) in [5.41, 5.74) is 0. The topological polar surface area (TPSA) is 0 Å². The molecule has 0 unspecified atom stereocenters. The Bertz CT molecular complexity index is 59.9. The predicted octanol–water partition coefficient (Wildman–Crippen LogP) is 1.35. The number of hydrogen-bond acceptors (Lipinski definition) is 0. The lowest BCUT2D eigenvalue weighted by atomic mass is 10.1. The highest BCUT2D eigenvalue weighted by Gasteiger charge is 2.12. The number of hydrogen-bond donors (Lipinski definition) is 0. The Labute approximate surface area is 67.0 Å². The number of alkyl halides is 1. The first-order valence-corrected chi connectivity index (χ1v) is 4.03. The van der Waals surface area contributed by atoms with Crippen LogP contribution < -0.4 is 0 Å². The van der Waals surface area contributed by atoms with Crippen LogP contribution in [0.2, 0.25) is 0 Å².